The Balaban J connectivity index is 2.37. The van der Waals surface area contributed by atoms with Gasteiger partial charge in [-0.1, -0.05) is 44.9 Å². The molecule has 0 aliphatic rings. The fourth-order valence-corrected chi connectivity index (χ4v) is 2.13. The summed E-state index contributed by atoms with van der Waals surface area (Å²) in [6.45, 7) is 5.30. The van der Waals surface area contributed by atoms with Gasteiger partial charge in [-0.05, 0) is 24.0 Å². The minimum Gasteiger partial charge on any atom is -0.478 e. The van der Waals surface area contributed by atoms with Crippen molar-refractivity contribution in [2.45, 2.75) is 33.1 Å². The lowest BCUT2D eigenvalue weighted by Crippen LogP contribution is -2.39. The van der Waals surface area contributed by atoms with E-state index in [1.165, 1.54) is 0 Å². The number of carbonyl (C=O) groups is 2. The molecule has 1 rings (SSSR count). The SMILES string of the molecule is CCC(CC)CNC(=O)NCCc1ccccc1C(=O)O. The summed E-state index contributed by atoms with van der Waals surface area (Å²) in [5, 5.41) is 14.7. The second kappa shape index (κ2) is 9.00. The number of carboxylic acids is 1. The largest absolute Gasteiger partial charge is 0.478 e. The molecule has 0 bridgehead atoms. The van der Waals surface area contributed by atoms with Crippen molar-refractivity contribution in [1.29, 1.82) is 0 Å². The van der Waals surface area contributed by atoms with Crippen LogP contribution in [0.4, 0.5) is 4.79 Å². The van der Waals surface area contributed by atoms with Gasteiger partial charge < -0.3 is 15.7 Å². The molecule has 0 saturated heterocycles. The molecule has 0 spiro atoms. The van der Waals surface area contributed by atoms with Crippen LogP contribution in [-0.2, 0) is 6.42 Å². The molecule has 0 atom stereocenters. The Hall–Kier alpha value is -2.04. The molecule has 0 fully saturated rings. The maximum atomic E-state index is 11.6. The first-order chi connectivity index (χ1) is 10.1. The summed E-state index contributed by atoms with van der Waals surface area (Å²) in [4.78, 5) is 22.7. The van der Waals surface area contributed by atoms with E-state index >= 15 is 0 Å². The first-order valence-electron chi connectivity index (χ1n) is 7.41. The lowest BCUT2D eigenvalue weighted by molar-refractivity contribution is 0.0695. The quantitative estimate of drug-likeness (QED) is 0.689. The lowest BCUT2D eigenvalue weighted by atomic mass is 10.0. The van der Waals surface area contributed by atoms with Crippen LogP contribution in [0.25, 0.3) is 0 Å². The van der Waals surface area contributed by atoms with Crippen LogP contribution < -0.4 is 10.6 Å². The zero-order chi connectivity index (χ0) is 15.7. The Morgan fingerprint density at radius 2 is 1.81 bits per heavy atom. The Morgan fingerprint density at radius 1 is 1.14 bits per heavy atom. The van der Waals surface area contributed by atoms with Crippen molar-refractivity contribution in [2.75, 3.05) is 13.1 Å². The van der Waals surface area contributed by atoms with Crippen LogP contribution >= 0.6 is 0 Å². The van der Waals surface area contributed by atoms with Gasteiger partial charge in [-0.15, -0.1) is 0 Å². The van der Waals surface area contributed by atoms with Gasteiger partial charge in [0.2, 0.25) is 0 Å². The molecule has 0 aliphatic heterocycles. The number of carbonyl (C=O) groups excluding carboxylic acids is 1. The molecule has 1 aromatic rings. The van der Waals surface area contributed by atoms with Gasteiger partial charge in [0, 0.05) is 13.1 Å². The third-order valence-corrected chi connectivity index (χ3v) is 3.63. The highest BCUT2D eigenvalue weighted by Crippen LogP contribution is 2.09. The van der Waals surface area contributed by atoms with E-state index in [-0.39, 0.29) is 11.6 Å². The predicted octanol–water partition coefficient (Wildman–Crippen LogP) is 2.66. The summed E-state index contributed by atoms with van der Waals surface area (Å²) in [7, 11) is 0. The zero-order valence-corrected chi connectivity index (χ0v) is 12.7. The minimum absolute atomic E-state index is 0.199. The van der Waals surface area contributed by atoms with Gasteiger partial charge in [0.1, 0.15) is 0 Å². The molecule has 0 saturated carbocycles. The number of aromatic carboxylic acids is 1. The molecule has 0 heterocycles. The summed E-state index contributed by atoms with van der Waals surface area (Å²) in [5.41, 5.74) is 1.02. The molecule has 21 heavy (non-hydrogen) atoms. The van der Waals surface area contributed by atoms with Crippen LogP contribution in [0, 0.1) is 5.92 Å². The second-order valence-electron chi connectivity index (χ2n) is 5.03. The molecule has 0 aliphatic carbocycles. The van der Waals surface area contributed by atoms with Crippen molar-refractivity contribution in [3.8, 4) is 0 Å². The highest BCUT2D eigenvalue weighted by Gasteiger charge is 2.09. The summed E-state index contributed by atoms with van der Waals surface area (Å²) in [6, 6.07) is 6.64. The number of carboxylic acid groups (broad SMARTS) is 1. The van der Waals surface area contributed by atoms with E-state index in [2.05, 4.69) is 24.5 Å². The summed E-state index contributed by atoms with van der Waals surface area (Å²) >= 11 is 0. The Labute approximate surface area is 125 Å². The van der Waals surface area contributed by atoms with Crippen LogP contribution in [0.2, 0.25) is 0 Å². The van der Waals surface area contributed by atoms with Crippen LogP contribution in [0.15, 0.2) is 24.3 Å². The third kappa shape index (κ3) is 5.85. The van der Waals surface area contributed by atoms with E-state index in [1.54, 1.807) is 24.3 Å². The van der Waals surface area contributed by atoms with Gasteiger partial charge in [-0.25, -0.2) is 9.59 Å². The first kappa shape index (κ1) is 17.0. The van der Waals surface area contributed by atoms with Crippen molar-refractivity contribution in [1.82, 2.24) is 10.6 Å². The number of benzene rings is 1. The van der Waals surface area contributed by atoms with Gasteiger partial charge >= 0.3 is 12.0 Å². The molecule has 116 valence electrons. The van der Waals surface area contributed by atoms with Gasteiger partial charge in [0.05, 0.1) is 5.56 Å². The standard InChI is InChI=1S/C16H24N2O3/c1-3-12(4-2)11-18-16(21)17-10-9-13-7-5-6-8-14(13)15(19)20/h5-8,12H,3-4,9-11H2,1-2H3,(H,19,20)(H2,17,18,21). The molecule has 0 aromatic heterocycles. The number of urea groups is 1. The average Bonchev–Trinajstić information content (AvgIpc) is 2.48. The maximum absolute atomic E-state index is 11.6. The minimum atomic E-state index is -0.941. The van der Waals surface area contributed by atoms with Crippen LogP contribution in [0.3, 0.4) is 0 Å². The molecule has 5 heteroatoms. The number of nitrogens with one attached hydrogen (secondary N) is 2. The van der Waals surface area contributed by atoms with E-state index < -0.39 is 5.97 Å². The van der Waals surface area contributed by atoms with E-state index in [4.69, 9.17) is 5.11 Å². The van der Waals surface area contributed by atoms with Crippen LogP contribution in [-0.4, -0.2) is 30.2 Å². The Morgan fingerprint density at radius 3 is 2.43 bits per heavy atom. The molecule has 2 amide bonds. The first-order valence-corrected chi connectivity index (χ1v) is 7.41. The Kier molecular flexibility index (Phi) is 7.29. The highest BCUT2D eigenvalue weighted by molar-refractivity contribution is 5.89. The van der Waals surface area contributed by atoms with Gasteiger partial charge in [-0.3, -0.25) is 0 Å². The second-order valence-corrected chi connectivity index (χ2v) is 5.03. The van der Waals surface area contributed by atoms with Crippen molar-refractivity contribution >= 4 is 12.0 Å². The van der Waals surface area contributed by atoms with Gasteiger partial charge in [0.15, 0.2) is 0 Å². The molecule has 3 N–H and O–H groups in total. The van der Waals surface area contributed by atoms with E-state index in [0.717, 1.165) is 18.4 Å². The van der Waals surface area contributed by atoms with Crippen molar-refractivity contribution in [3.63, 3.8) is 0 Å². The molecular formula is C16H24N2O3. The Bertz CT molecular complexity index is 470. The van der Waals surface area contributed by atoms with Crippen molar-refractivity contribution in [3.05, 3.63) is 35.4 Å². The molecule has 1 aromatic carbocycles. The lowest BCUT2D eigenvalue weighted by Gasteiger charge is -2.14. The van der Waals surface area contributed by atoms with Gasteiger partial charge in [0.25, 0.3) is 0 Å². The number of rotatable bonds is 8. The average molecular weight is 292 g/mol. The molecule has 0 radical (unpaired) electrons. The summed E-state index contributed by atoms with van der Waals surface area (Å²) < 4.78 is 0. The molecule has 0 unspecified atom stereocenters. The molecular weight excluding hydrogens is 268 g/mol. The van der Waals surface area contributed by atoms with Crippen LogP contribution in [0.5, 0.6) is 0 Å². The molecule has 5 nitrogen and oxygen atoms in total. The zero-order valence-electron chi connectivity index (χ0n) is 12.7. The van der Waals surface area contributed by atoms with Gasteiger partial charge in [-0.2, -0.15) is 0 Å². The third-order valence-electron chi connectivity index (χ3n) is 3.63. The van der Waals surface area contributed by atoms with Crippen LogP contribution in [0.1, 0.15) is 42.6 Å². The fourth-order valence-electron chi connectivity index (χ4n) is 2.13. The smallest absolute Gasteiger partial charge is 0.335 e. The number of amides is 2. The fraction of sp³-hybridized carbons (Fsp3) is 0.500. The predicted molar refractivity (Wildman–Crippen MR) is 82.6 cm³/mol. The normalized spacial score (nSPS) is 10.4. The van der Waals surface area contributed by atoms with E-state index in [1.807, 2.05) is 0 Å². The summed E-state index contributed by atoms with van der Waals surface area (Å²) in [5.74, 6) is -0.438. The van der Waals surface area contributed by atoms with Crippen molar-refractivity contribution < 1.29 is 14.7 Å². The van der Waals surface area contributed by atoms with E-state index in [9.17, 15) is 9.59 Å². The number of hydrogen-bond acceptors (Lipinski definition) is 2. The van der Waals surface area contributed by atoms with Crippen molar-refractivity contribution in [2.24, 2.45) is 5.92 Å². The number of hydrogen-bond donors (Lipinski definition) is 3. The summed E-state index contributed by atoms with van der Waals surface area (Å²) in [6.07, 6.45) is 2.59. The highest BCUT2D eigenvalue weighted by atomic mass is 16.4. The van der Waals surface area contributed by atoms with E-state index in [0.29, 0.717) is 25.4 Å². The topological polar surface area (TPSA) is 78.4 Å². The maximum Gasteiger partial charge on any atom is 0.335 e. The monoisotopic (exact) mass is 292 g/mol.